The van der Waals surface area contributed by atoms with E-state index in [0.29, 0.717) is 12.6 Å². The van der Waals surface area contributed by atoms with E-state index in [0.717, 1.165) is 24.2 Å². The van der Waals surface area contributed by atoms with E-state index in [-0.39, 0.29) is 5.91 Å². The zero-order valence-corrected chi connectivity index (χ0v) is 12.1. The minimum atomic E-state index is -0.0109. The number of benzene rings is 1. The number of amides is 1. The van der Waals surface area contributed by atoms with Crippen LogP contribution in [0.5, 0.6) is 5.75 Å². The molecular weight excluding hydrogens is 250 g/mol. The summed E-state index contributed by atoms with van der Waals surface area (Å²) < 4.78 is 5.54. The van der Waals surface area contributed by atoms with E-state index in [1.165, 1.54) is 19.3 Å². The molecule has 1 aliphatic carbocycles. The molecule has 3 heteroatoms. The molecule has 0 atom stereocenters. The molecule has 20 heavy (non-hydrogen) atoms. The molecule has 1 N–H and O–H groups in total. The van der Waals surface area contributed by atoms with Crippen LogP contribution < -0.4 is 10.1 Å². The third kappa shape index (κ3) is 4.41. The Morgan fingerprint density at radius 3 is 2.80 bits per heavy atom. The first-order valence-corrected chi connectivity index (χ1v) is 7.50. The lowest BCUT2D eigenvalue weighted by molar-refractivity contribution is -0.117. The molecule has 1 amide bonds. The van der Waals surface area contributed by atoms with Crippen molar-refractivity contribution >= 4 is 12.0 Å². The Balaban J connectivity index is 1.92. The van der Waals surface area contributed by atoms with Crippen LogP contribution in [0.1, 0.15) is 44.6 Å². The molecule has 1 fully saturated rings. The molecule has 0 radical (unpaired) electrons. The first-order chi connectivity index (χ1) is 9.79. The van der Waals surface area contributed by atoms with Crippen LogP contribution in [0.4, 0.5) is 0 Å². The van der Waals surface area contributed by atoms with Gasteiger partial charge in [0.1, 0.15) is 5.75 Å². The first-order valence-electron chi connectivity index (χ1n) is 7.50. The lowest BCUT2D eigenvalue weighted by Gasteiger charge is -2.21. The number of hydrogen-bond donors (Lipinski definition) is 1. The van der Waals surface area contributed by atoms with Gasteiger partial charge in [-0.3, -0.25) is 4.79 Å². The number of rotatable bonds is 5. The molecule has 0 unspecified atom stereocenters. The van der Waals surface area contributed by atoms with Gasteiger partial charge in [-0.25, -0.2) is 0 Å². The van der Waals surface area contributed by atoms with Gasteiger partial charge in [-0.1, -0.05) is 37.5 Å². The number of ether oxygens (including phenoxy) is 1. The van der Waals surface area contributed by atoms with Crippen molar-refractivity contribution < 1.29 is 9.53 Å². The molecule has 0 saturated heterocycles. The molecule has 3 nitrogen and oxygen atoms in total. The average Bonchev–Trinajstić information content (AvgIpc) is 2.48. The van der Waals surface area contributed by atoms with Gasteiger partial charge in [-0.2, -0.15) is 0 Å². The summed E-state index contributed by atoms with van der Waals surface area (Å²) in [5.41, 5.74) is 0.938. The van der Waals surface area contributed by atoms with Gasteiger partial charge in [0.15, 0.2) is 0 Å². The van der Waals surface area contributed by atoms with E-state index < -0.39 is 0 Å². The Morgan fingerprint density at radius 1 is 1.30 bits per heavy atom. The van der Waals surface area contributed by atoms with Crippen molar-refractivity contribution in [2.45, 2.75) is 45.1 Å². The summed E-state index contributed by atoms with van der Waals surface area (Å²) in [4.78, 5) is 11.9. The first kappa shape index (κ1) is 14.6. The van der Waals surface area contributed by atoms with Crippen LogP contribution in [-0.4, -0.2) is 18.6 Å². The predicted octanol–water partition coefficient (Wildman–Crippen LogP) is 3.55. The highest BCUT2D eigenvalue weighted by Gasteiger charge is 2.14. The van der Waals surface area contributed by atoms with Crippen LogP contribution in [0.25, 0.3) is 6.08 Å². The third-order valence-electron chi connectivity index (χ3n) is 3.58. The molecule has 0 bridgehead atoms. The number of para-hydroxylation sites is 1. The Labute approximate surface area is 121 Å². The van der Waals surface area contributed by atoms with E-state index in [9.17, 15) is 4.79 Å². The minimum Gasteiger partial charge on any atom is -0.493 e. The van der Waals surface area contributed by atoms with E-state index in [1.807, 2.05) is 37.3 Å². The van der Waals surface area contributed by atoms with Crippen molar-refractivity contribution in [1.29, 1.82) is 0 Å². The summed E-state index contributed by atoms with van der Waals surface area (Å²) in [6.07, 6.45) is 9.38. The Hall–Kier alpha value is -1.77. The van der Waals surface area contributed by atoms with Crippen molar-refractivity contribution in [3.05, 3.63) is 35.9 Å². The highest BCUT2D eigenvalue weighted by atomic mass is 16.5. The lowest BCUT2D eigenvalue weighted by Crippen LogP contribution is -2.34. The van der Waals surface area contributed by atoms with Gasteiger partial charge < -0.3 is 10.1 Å². The van der Waals surface area contributed by atoms with Gasteiger partial charge in [0.2, 0.25) is 5.91 Å². The Kier molecular flexibility index (Phi) is 5.66. The van der Waals surface area contributed by atoms with Crippen molar-refractivity contribution in [2.75, 3.05) is 6.61 Å². The van der Waals surface area contributed by atoms with Crippen LogP contribution >= 0.6 is 0 Å². The molecule has 0 aliphatic heterocycles. The van der Waals surface area contributed by atoms with E-state index >= 15 is 0 Å². The maximum atomic E-state index is 11.9. The third-order valence-corrected chi connectivity index (χ3v) is 3.58. The summed E-state index contributed by atoms with van der Waals surface area (Å²) >= 11 is 0. The quantitative estimate of drug-likeness (QED) is 0.833. The SMILES string of the molecule is CCOc1ccccc1C=CC(=O)NC1CCCCC1. The second-order valence-corrected chi connectivity index (χ2v) is 5.15. The largest absolute Gasteiger partial charge is 0.493 e. The molecule has 1 aromatic carbocycles. The number of hydrogen-bond acceptors (Lipinski definition) is 2. The molecule has 1 aromatic rings. The van der Waals surface area contributed by atoms with E-state index in [1.54, 1.807) is 6.08 Å². The number of carbonyl (C=O) groups excluding carboxylic acids is 1. The van der Waals surface area contributed by atoms with Crippen molar-refractivity contribution in [2.24, 2.45) is 0 Å². The molecule has 108 valence electrons. The summed E-state index contributed by atoms with van der Waals surface area (Å²) in [6.45, 7) is 2.58. The molecule has 2 rings (SSSR count). The summed E-state index contributed by atoms with van der Waals surface area (Å²) in [6, 6.07) is 8.10. The molecule has 0 spiro atoms. The van der Waals surface area contributed by atoms with Crippen LogP contribution in [0.15, 0.2) is 30.3 Å². The van der Waals surface area contributed by atoms with Crippen molar-refractivity contribution in [3.8, 4) is 5.75 Å². The average molecular weight is 273 g/mol. The summed E-state index contributed by atoms with van der Waals surface area (Å²) in [7, 11) is 0. The minimum absolute atomic E-state index is 0.0109. The van der Waals surface area contributed by atoms with Crippen LogP contribution in [0.3, 0.4) is 0 Å². The smallest absolute Gasteiger partial charge is 0.244 e. The second-order valence-electron chi connectivity index (χ2n) is 5.15. The fourth-order valence-corrected chi connectivity index (χ4v) is 2.57. The highest BCUT2D eigenvalue weighted by Crippen LogP contribution is 2.20. The summed E-state index contributed by atoms with van der Waals surface area (Å²) in [5, 5.41) is 3.07. The van der Waals surface area contributed by atoms with Gasteiger partial charge >= 0.3 is 0 Å². The second kappa shape index (κ2) is 7.73. The fourth-order valence-electron chi connectivity index (χ4n) is 2.57. The highest BCUT2D eigenvalue weighted by molar-refractivity contribution is 5.92. The Bertz CT molecular complexity index is 462. The maximum Gasteiger partial charge on any atom is 0.244 e. The molecular formula is C17H23NO2. The van der Waals surface area contributed by atoms with Crippen molar-refractivity contribution in [3.63, 3.8) is 0 Å². The van der Waals surface area contributed by atoms with Gasteiger partial charge in [-0.05, 0) is 31.9 Å². The zero-order valence-electron chi connectivity index (χ0n) is 12.1. The standard InChI is InChI=1S/C17H23NO2/c1-2-20-16-11-7-6-8-14(16)12-13-17(19)18-15-9-4-3-5-10-15/h6-8,11-13,15H,2-5,9-10H2,1H3,(H,18,19). The van der Waals surface area contributed by atoms with E-state index in [4.69, 9.17) is 4.74 Å². The zero-order chi connectivity index (χ0) is 14.2. The summed E-state index contributed by atoms with van der Waals surface area (Å²) in [5.74, 6) is 0.805. The Morgan fingerprint density at radius 2 is 2.05 bits per heavy atom. The van der Waals surface area contributed by atoms with Crippen LogP contribution in [0, 0.1) is 0 Å². The lowest BCUT2D eigenvalue weighted by atomic mass is 9.95. The van der Waals surface area contributed by atoms with Gasteiger partial charge in [0, 0.05) is 17.7 Å². The normalized spacial score (nSPS) is 16.2. The van der Waals surface area contributed by atoms with Gasteiger partial charge in [0.05, 0.1) is 6.61 Å². The maximum absolute atomic E-state index is 11.9. The van der Waals surface area contributed by atoms with E-state index in [2.05, 4.69) is 5.32 Å². The monoisotopic (exact) mass is 273 g/mol. The van der Waals surface area contributed by atoms with Crippen LogP contribution in [-0.2, 0) is 4.79 Å². The fraction of sp³-hybridized carbons (Fsp3) is 0.471. The number of nitrogens with one attached hydrogen (secondary N) is 1. The van der Waals surface area contributed by atoms with Gasteiger partial charge in [-0.15, -0.1) is 0 Å². The topological polar surface area (TPSA) is 38.3 Å². The molecule has 0 heterocycles. The molecule has 1 saturated carbocycles. The van der Waals surface area contributed by atoms with Crippen LogP contribution in [0.2, 0.25) is 0 Å². The van der Waals surface area contributed by atoms with Gasteiger partial charge in [0.25, 0.3) is 0 Å². The van der Waals surface area contributed by atoms with Crippen molar-refractivity contribution in [1.82, 2.24) is 5.32 Å². The molecule has 0 aromatic heterocycles. The number of carbonyl (C=O) groups is 1. The molecule has 1 aliphatic rings. The predicted molar refractivity (Wildman–Crippen MR) is 81.7 cm³/mol.